The number of carbonyl (C=O) groups is 1. The average molecular weight is 236 g/mol. The summed E-state index contributed by atoms with van der Waals surface area (Å²) in [7, 11) is 0. The highest BCUT2D eigenvalue weighted by atomic mass is 19.1. The summed E-state index contributed by atoms with van der Waals surface area (Å²) in [6.07, 6.45) is 0. The molecule has 0 amide bonds. The van der Waals surface area contributed by atoms with Gasteiger partial charge in [-0.3, -0.25) is 0 Å². The zero-order chi connectivity index (χ0) is 12.4. The quantitative estimate of drug-likeness (QED) is 0.845. The molecule has 88 valence electrons. The zero-order valence-corrected chi connectivity index (χ0v) is 8.68. The number of carboxylic acids is 1. The second-order valence-electron chi connectivity index (χ2n) is 3.31. The summed E-state index contributed by atoms with van der Waals surface area (Å²) < 4.78 is 17.8. The Bertz CT molecular complexity index is 548. The summed E-state index contributed by atoms with van der Waals surface area (Å²) in [5.41, 5.74) is 6.02. The molecule has 2 rings (SSSR count). The summed E-state index contributed by atoms with van der Waals surface area (Å²) in [5.74, 6) is -1.79. The van der Waals surface area contributed by atoms with Crippen molar-refractivity contribution in [3.63, 3.8) is 0 Å². The summed E-state index contributed by atoms with van der Waals surface area (Å²) >= 11 is 0. The van der Waals surface area contributed by atoms with Crippen LogP contribution in [0, 0.1) is 5.82 Å². The normalized spacial score (nSPS) is 10.5. The first kappa shape index (κ1) is 11.3. The van der Waals surface area contributed by atoms with E-state index in [4.69, 9.17) is 15.3 Å². The van der Waals surface area contributed by atoms with Crippen molar-refractivity contribution in [2.24, 2.45) is 5.73 Å². The van der Waals surface area contributed by atoms with Crippen LogP contribution in [0.1, 0.15) is 16.2 Å². The highest BCUT2D eigenvalue weighted by Crippen LogP contribution is 2.22. The maximum atomic E-state index is 12.7. The molecular weight excluding hydrogens is 227 g/mol. The van der Waals surface area contributed by atoms with Crippen LogP contribution in [-0.2, 0) is 6.54 Å². The topological polar surface area (TPSA) is 89.4 Å². The highest BCUT2D eigenvalue weighted by molar-refractivity contribution is 5.86. The van der Waals surface area contributed by atoms with Crippen LogP contribution < -0.4 is 5.73 Å². The van der Waals surface area contributed by atoms with Gasteiger partial charge in [0.25, 0.3) is 0 Å². The zero-order valence-electron chi connectivity index (χ0n) is 8.68. The predicted octanol–water partition coefficient (Wildman–Crippen LogP) is 1.64. The number of aromatic carboxylic acids is 1. The first-order valence-corrected chi connectivity index (χ1v) is 4.81. The third kappa shape index (κ3) is 2.16. The van der Waals surface area contributed by atoms with Crippen LogP contribution in [0.25, 0.3) is 11.5 Å². The molecule has 0 saturated carbocycles. The fourth-order valence-corrected chi connectivity index (χ4v) is 1.37. The van der Waals surface area contributed by atoms with Gasteiger partial charge in [-0.2, -0.15) is 0 Å². The molecule has 2 aromatic rings. The van der Waals surface area contributed by atoms with Gasteiger partial charge >= 0.3 is 5.97 Å². The van der Waals surface area contributed by atoms with E-state index in [1.165, 1.54) is 24.3 Å². The van der Waals surface area contributed by atoms with E-state index in [2.05, 4.69) is 4.98 Å². The van der Waals surface area contributed by atoms with Crippen molar-refractivity contribution >= 4 is 5.97 Å². The maximum absolute atomic E-state index is 12.7. The van der Waals surface area contributed by atoms with E-state index in [0.717, 1.165) is 0 Å². The lowest BCUT2D eigenvalue weighted by atomic mass is 10.2. The number of oxazole rings is 1. The van der Waals surface area contributed by atoms with Gasteiger partial charge in [0.05, 0.1) is 0 Å². The van der Waals surface area contributed by atoms with Crippen molar-refractivity contribution in [3.8, 4) is 11.5 Å². The number of hydrogen-bond acceptors (Lipinski definition) is 4. The Hall–Kier alpha value is -2.21. The minimum absolute atomic E-state index is 0.0354. The first-order chi connectivity index (χ1) is 8.11. The monoisotopic (exact) mass is 236 g/mol. The summed E-state index contributed by atoms with van der Waals surface area (Å²) in [4.78, 5) is 14.8. The number of rotatable bonds is 3. The summed E-state index contributed by atoms with van der Waals surface area (Å²) in [5, 5.41) is 8.85. The van der Waals surface area contributed by atoms with Crippen molar-refractivity contribution in [2.75, 3.05) is 0 Å². The predicted molar refractivity (Wildman–Crippen MR) is 56.7 cm³/mol. The van der Waals surface area contributed by atoms with Gasteiger partial charge < -0.3 is 15.3 Å². The molecule has 0 aliphatic heterocycles. The molecule has 0 radical (unpaired) electrons. The van der Waals surface area contributed by atoms with E-state index >= 15 is 0 Å². The maximum Gasteiger partial charge on any atom is 0.373 e. The van der Waals surface area contributed by atoms with Crippen LogP contribution in [0.4, 0.5) is 4.39 Å². The van der Waals surface area contributed by atoms with Crippen molar-refractivity contribution < 1.29 is 18.7 Å². The Morgan fingerprint density at radius 2 is 2.06 bits per heavy atom. The van der Waals surface area contributed by atoms with Gasteiger partial charge in [-0.25, -0.2) is 14.2 Å². The standard InChI is InChI=1S/C11H9FN2O3/c12-7-3-1-6(2-4-7)10-14-8(5-13)9(17-10)11(15)16/h1-4H,5,13H2,(H,15,16). The van der Waals surface area contributed by atoms with Crippen LogP contribution in [0.15, 0.2) is 28.7 Å². The van der Waals surface area contributed by atoms with Crippen LogP contribution in [0.2, 0.25) is 0 Å². The third-order valence-electron chi connectivity index (χ3n) is 2.18. The second-order valence-corrected chi connectivity index (χ2v) is 3.31. The Morgan fingerprint density at radius 3 is 2.53 bits per heavy atom. The number of nitrogens with zero attached hydrogens (tertiary/aromatic N) is 1. The molecule has 0 fully saturated rings. The first-order valence-electron chi connectivity index (χ1n) is 4.81. The molecule has 6 heteroatoms. The van der Waals surface area contributed by atoms with Gasteiger partial charge in [0.2, 0.25) is 11.7 Å². The van der Waals surface area contributed by atoms with E-state index in [0.29, 0.717) is 5.56 Å². The van der Waals surface area contributed by atoms with Gasteiger partial charge in [0.15, 0.2) is 0 Å². The number of hydrogen-bond donors (Lipinski definition) is 2. The molecule has 5 nitrogen and oxygen atoms in total. The van der Waals surface area contributed by atoms with Crippen LogP contribution in [-0.4, -0.2) is 16.1 Å². The molecule has 1 aromatic heterocycles. The molecule has 0 unspecified atom stereocenters. The number of halogens is 1. The van der Waals surface area contributed by atoms with Gasteiger partial charge in [0.1, 0.15) is 11.5 Å². The minimum atomic E-state index is -1.23. The number of nitrogens with two attached hydrogens (primary N) is 1. The molecule has 0 aliphatic carbocycles. The SMILES string of the molecule is NCc1nc(-c2ccc(F)cc2)oc1C(=O)O. The number of carboxylic acid groups (broad SMARTS) is 1. The molecule has 0 spiro atoms. The van der Waals surface area contributed by atoms with E-state index in [9.17, 15) is 9.18 Å². The van der Waals surface area contributed by atoms with Crippen LogP contribution in [0.3, 0.4) is 0 Å². The van der Waals surface area contributed by atoms with Gasteiger partial charge in [-0.15, -0.1) is 0 Å². The van der Waals surface area contributed by atoms with E-state index in [1.807, 2.05) is 0 Å². The van der Waals surface area contributed by atoms with E-state index < -0.39 is 11.8 Å². The highest BCUT2D eigenvalue weighted by Gasteiger charge is 2.19. The molecule has 0 bridgehead atoms. The van der Waals surface area contributed by atoms with Gasteiger partial charge in [-0.1, -0.05) is 0 Å². The Balaban J connectivity index is 2.46. The molecule has 0 saturated heterocycles. The second kappa shape index (κ2) is 4.34. The molecule has 1 aromatic carbocycles. The summed E-state index contributed by atoms with van der Waals surface area (Å²) in [6.45, 7) is -0.0354. The lowest BCUT2D eigenvalue weighted by Gasteiger charge is -1.93. The van der Waals surface area contributed by atoms with E-state index in [1.54, 1.807) is 0 Å². The van der Waals surface area contributed by atoms with Crippen LogP contribution in [0.5, 0.6) is 0 Å². The van der Waals surface area contributed by atoms with Gasteiger partial charge in [-0.05, 0) is 24.3 Å². The van der Waals surface area contributed by atoms with Crippen molar-refractivity contribution in [3.05, 3.63) is 41.5 Å². The fraction of sp³-hybridized carbons (Fsp3) is 0.0909. The van der Waals surface area contributed by atoms with Crippen molar-refractivity contribution in [2.45, 2.75) is 6.54 Å². The fourth-order valence-electron chi connectivity index (χ4n) is 1.37. The average Bonchev–Trinajstić information content (AvgIpc) is 2.74. The molecule has 0 atom stereocenters. The minimum Gasteiger partial charge on any atom is -0.475 e. The smallest absolute Gasteiger partial charge is 0.373 e. The Morgan fingerprint density at radius 1 is 1.41 bits per heavy atom. The number of aromatic nitrogens is 1. The van der Waals surface area contributed by atoms with Crippen molar-refractivity contribution in [1.29, 1.82) is 0 Å². The van der Waals surface area contributed by atoms with Crippen LogP contribution >= 0.6 is 0 Å². The molecule has 0 aliphatic rings. The molecular formula is C11H9FN2O3. The Labute approximate surface area is 95.7 Å². The summed E-state index contributed by atoms with van der Waals surface area (Å²) in [6, 6.07) is 5.38. The molecule has 17 heavy (non-hydrogen) atoms. The lowest BCUT2D eigenvalue weighted by Crippen LogP contribution is -2.04. The van der Waals surface area contributed by atoms with Crippen molar-refractivity contribution in [1.82, 2.24) is 4.98 Å². The Kier molecular flexibility index (Phi) is 2.88. The molecule has 1 heterocycles. The van der Waals surface area contributed by atoms with E-state index in [-0.39, 0.29) is 23.9 Å². The van der Waals surface area contributed by atoms with Gasteiger partial charge in [0, 0.05) is 12.1 Å². The number of benzene rings is 1. The largest absolute Gasteiger partial charge is 0.475 e. The third-order valence-corrected chi connectivity index (χ3v) is 2.18. The molecule has 3 N–H and O–H groups in total. The lowest BCUT2D eigenvalue weighted by molar-refractivity contribution is 0.0661.